The summed E-state index contributed by atoms with van der Waals surface area (Å²) in [5, 5.41) is 14.2. The minimum Gasteiger partial charge on any atom is -0.393 e. The molecule has 1 unspecified atom stereocenters. The van der Waals surface area contributed by atoms with Crippen molar-refractivity contribution >= 4 is 17.1 Å². The lowest BCUT2D eigenvalue weighted by atomic mass is 10.1. The first-order valence-electron chi connectivity index (χ1n) is 5.94. The summed E-state index contributed by atoms with van der Waals surface area (Å²) in [6.07, 6.45) is 0. The van der Waals surface area contributed by atoms with Gasteiger partial charge in [-0.15, -0.1) is 0 Å². The van der Waals surface area contributed by atoms with Crippen LogP contribution in [0.15, 0.2) is 48.5 Å². The van der Waals surface area contributed by atoms with Gasteiger partial charge in [-0.3, -0.25) is 10.1 Å². The number of para-hydroxylation sites is 1. The van der Waals surface area contributed by atoms with Gasteiger partial charge in [-0.25, -0.2) is 0 Å². The Bertz CT molecular complexity index is 584. The van der Waals surface area contributed by atoms with Gasteiger partial charge in [0, 0.05) is 6.04 Å². The van der Waals surface area contributed by atoms with Crippen molar-refractivity contribution in [1.82, 2.24) is 0 Å². The van der Waals surface area contributed by atoms with Crippen LogP contribution in [0.25, 0.3) is 0 Å². The van der Waals surface area contributed by atoms with E-state index in [1.807, 2.05) is 37.3 Å². The monoisotopic (exact) mass is 257 g/mol. The van der Waals surface area contributed by atoms with Crippen LogP contribution in [0.4, 0.5) is 17.1 Å². The molecule has 3 N–H and O–H groups in total. The Morgan fingerprint density at radius 1 is 1.16 bits per heavy atom. The molecule has 0 aromatic heterocycles. The summed E-state index contributed by atoms with van der Waals surface area (Å²) in [5.41, 5.74) is 7.23. The van der Waals surface area contributed by atoms with Crippen LogP contribution in [-0.2, 0) is 0 Å². The number of nitrogens with one attached hydrogen (secondary N) is 1. The number of nitro groups is 1. The summed E-state index contributed by atoms with van der Waals surface area (Å²) in [6.45, 7) is 1.95. The number of hydrogen-bond donors (Lipinski definition) is 2. The molecule has 0 saturated heterocycles. The molecule has 5 nitrogen and oxygen atoms in total. The molecule has 1 atom stereocenters. The molecule has 98 valence electrons. The fourth-order valence-electron chi connectivity index (χ4n) is 1.94. The van der Waals surface area contributed by atoms with Gasteiger partial charge in [0.2, 0.25) is 0 Å². The summed E-state index contributed by atoms with van der Waals surface area (Å²) in [6, 6.07) is 14.6. The number of rotatable bonds is 4. The molecule has 5 heteroatoms. The Balaban J connectivity index is 2.29. The quantitative estimate of drug-likeness (QED) is 0.500. The maximum Gasteiger partial charge on any atom is 0.314 e. The molecule has 0 aliphatic carbocycles. The van der Waals surface area contributed by atoms with Gasteiger partial charge >= 0.3 is 5.69 Å². The molecular weight excluding hydrogens is 242 g/mol. The Labute approximate surface area is 111 Å². The van der Waals surface area contributed by atoms with Gasteiger partial charge in [0.15, 0.2) is 0 Å². The Kier molecular flexibility index (Phi) is 3.66. The van der Waals surface area contributed by atoms with Crippen LogP contribution in [0.2, 0.25) is 0 Å². The molecule has 0 fully saturated rings. The molecule has 19 heavy (non-hydrogen) atoms. The second-order valence-corrected chi connectivity index (χ2v) is 4.28. The van der Waals surface area contributed by atoms with Gasteiger partial charge in [0.1, 0.15) is 11.4 Å². The van der Waals surface area contributed by atoms with Gasteiger partial charge in [-0.2, -0.15) is 0 Å². The molecule has 0 saturated carbocycles. The predicted octanol–water partition coefficient (Wildman–Crippen LogP) is 3.35. The smallest absolute Gasteiger partial charge is 0.314 e. The molecule has 2 aromatic carbocycles. The zero-order valence-electron chi connectivity index (χ0n) is 10.5. The Morgan fingerprint density at radius 2 is 1.84 bits per heavy atom. The average molecular weight is 257 g/mol. The van der Waals surface area contributed by atoms with E-state index in [0.29, 0.717) is 5.69 Å². The third kappa shape index (κ3) is 2.82. The number of anilines is 2. The van der Waals surface area contributed by atoms with Crippen molar-refractivity contribution < 1.29 is 4.92 Å². The molecule has 0 bridgehead atoms. The van der Waals surface area contributed by atoms with Crippen LogP contribution in [0, 0.1) is 10.1 Å². The van der Waals surface area contributed by atoms with Crippen molar-refractivity contribution in [2.75, 3.05) is 11.1 Å². The fraction of sp³-hybridized carbons (Fsp3) is 0.143. The maximum absolute atomic E-state index is 11.0. The normalized spacial score (nSPS) is 11.8. The summed E-state index contributed by atoms with van der Waals surface area (Å²) < 4.78 is 0. The zero-order valence-corrected chi connectivity index (χ0v) is 10.5. The van der Waals surface area contributed by atoms with E-state index in [2.05, 4.69) is 5.32 Å². The highest BCUT2D eigenvalue weighted by atomic mass is 16.6. The van der Waals surface area contributed by atoms with E-state index in [1.54, 1.807) is 12.1 Å². The van der Waals surface area contributed by atoms with E-state index in [-0.39, 0.29) is 17.4 Å². The molecule has 0 spiro atoms. The SMILES string of the molecule is CC(Nc1cccc(N)c1[N+](=O)[O-])c1ccccc1. The van der Waals surface area contributed by atoms with Crippen LogP contribution in [0.1, 0.15) is 18.5 Å². The van der Waals surface area contributed by atoms with Crippen LogP contribution in [-0.4, -0.2) is 4.92 Å². The minimum absolute atomic E-state index is 0.0401. The molecular formula is C14H15N3O2. The van der Waals surface area contributed by atoms with Gasteiger partial charge in [-0.05, 0) is 24.6 Å². The van der Waals surface area contributed by atoms with Crippen molar-refractivity contribution in [2.45, 2.75) is 13.0 Å². The van der Waals surface area contributed by atoms with Gasteiger partial charge < -0.3 is 11.1 Å². The summed E-state index contributed by atoms with van der Waals surface area (Å²) in [4.78, 5) is 10.6. The number of nitro benzene ring substituents is 1. The van der Waals surface area contributed by atoms with E-state index in [0.717, 1.165) is 5.56 Å². The van der Waals surface area contributed by atoms with Crippen LogP contribution < -0.4 is 11.1 Å². The zero-order chi connectivity index (χ0) is 13.8. The lowest BCUT2D eigenvalue weighted by Gasteiger charge is -2.16. The highest BCUT2D eigenvalue weighted by molar-refractivity contribution is 5.74. The predicted molar refractivity (Wildman–Crippen MR) is 76.0 cm³/mol. The van der Waals surface area contributed by atoms with E-state index >= 15 is 0 Å². The topological polar surface area (TPSA) is 81.2 Å². The average Bonchev–Trinajstić information content (AvgIpc) is 2.39. The largest absolute Gasteiger partial charge is 0.393 e. The van der Waals surface area contributed by atoms with Crippen molar-refractivity contribution in [1.29, 1.82) is 0 Å². The highest BCUT2D eigenvalue weighted by Crippen LogP contribution is 2.32. The third-order valence-electron chi connectivity index (χ3n) is 2.92. The molecule has 0 heterocycles. The summed E-state index contributed by atoms with van der Waals surface area (Å²) in [7, 11) is 0. The maximum atomic E-state index is 11.0. The molecule has 0 aliphatic rings. The number of benzene rings is 2. The molecule has 0 aliphatic heterocycles. The van der Waals surface area contributed by atoms with Gasteiger partial charge in [-0.1, -0.05) is 36.4 Å². The first-order valence-corrected chi connectivity index (χ1v) is 5.94. The molecule has 2 aromatic rings. The first-order chi connectivity index (χ1) is 9.09. The van der Waals surface area contributed by atoms with E-state index in [9.17, 15) is 10.1 Å². The summed E-state index contributed by atoms with van der Waals surface area (Å²) in [5.74, 6) is 0. The number of nitrogens with zero attached hydrogens (tertiary/aromatic N) is 1. The number of hydrogen-bond acceptors (Lipinski definition) is 4. The standard InChI is InChI=1S/C14H15N3O2/c1-10(11-6-3-2-4-7-11)16-13-9-5-8-12(15)14(13)17(18)19/h2-10,16H,15H2,1H3. The van der Waals surface area contributed by atoms with Crippen LogP contribution >= 0.6 is 0 Å². The van der Waals surface area contributed by atoms with E-state index in [4.69, 9.17) is 5.73 Å². The highest BCUT2D eigenvalue weighted by Gasteiger charge is 2.19. The van der Waals surface area contributed by atoms with Gasteiger partial charge in [0.05, 0.1) is 4.92 Å². The van der Waals surface area contributed by atoms with Crippen LogP contribution in [0.5, 0.6) is 0 Å². The van der Waals surface area contributed by atoms with E-state index < -0.39 is 4.92 Å². The third-order valence-corrected chi connectivity index (χ3v) is 2.92. The molecule has 0 radical (unpaired) electrons. The first kappa shape index (κ1) is 12.9. The van der Waals surface area contributed by atoms with Crippen molar-refractivity contribution in [3.05, 3.63) is 64.2 Å². The molecule has 2 rings (SSSR count). The second-order valence-electron chi connectivity index (χ2n) is 4.28. The van der Waals surface area contributed by atoms with Gasteiger partial charge in [0.25, 0.3) is 0 Å². The molecule has 0 amide bonds. The van der Waals surface area contributed by atoms with Crippen molar-refractivity contribution in [2.24, 2.45) is 0 Å². The Hall–Kier alpha value is -2.56. The second kappa shape index (κ2) is 5.39. The lowest BCUT2D eigenvalue weighted by molar-refractivity contribution is -0.383. The summed E-state index contributed by atoms with van der Waals surface area (Å²) >= 11 is 0. The number of nitrogen functional groups attached to an aromatic ring is 1. The van der Waals surface area contributed by atoms with E-state index in [1.165, 1.54) is 6.07 Å². The fourth-order valence-corrected chi connectivity index (χ4v) is 1.94. The van der Waals surface area contributed by atoms with Crippen molar-refractivity contribution in [3.63, 3.8) is 0 Å². The van der Waals surface area contributed by atoms with Crippen LogP contribution in [0.3, 0.4) is 0 Å². The number of nitrogens with two attached hydrogens (primary N) is 1. The Morgan fingerprint density at radius 3 is 2.47 bits per heavy atom. The lowest BCUT2D eigenvalue weighted by Crippen LogP contribution is -2.09. The van der Waals surface area contributed by atoms with Crippen molar-refractivity contribution in [3.8, 4) is 0 Å². The minimum atomic E-state index is -0.463.